The second-order valence-corrected chi connectivity index (χ2v) is 4.79. The second kappa shape index (κ2) is 3.72. The van der Waals surface area contributed by atoms with Crippen molar-refractivity contribution in [3.8, 4) is 5.75 Å². The summed E-state index contributed by atoms with van der Waals surface area (Å²) in [7, 11) is 0. The highest BCUT2D eigenvalue weighted by atomic mass is 16.3. The molecule has 92 valence electrons. The first-order valence-corrected chi connectivity index (χ1v) is 6.23. The van der Waals surface area contributed by atoms with E-state index in [9.17, 15) is 5.11 Å². The molecule has 2 heterocycles. The maximum atomic E-state index is 9.61. The number of hydrogen-bond acceptors (Lipinski definition) is 3. The molecule has 0 aromatic heterocycles. The number of allylic oxidation sites excluding steroid dienone is 6. The van der Waals surface area contributed by atoms with Gasteiger partial charge in [0.25, 0.3) is 0 Å². The average Bonchev–Trinajstić information content (AvgIpc) is 2.78. The van der Waals surface area contributed by atoms with Gasteiger partial charge in [0.2, 0.25) is 0 Å². The van der Waals surface area contributed by atoms with Crippen LogP contribution in [0.3, 0.4) is 0 Å². The van der Waals surface area contributed by atoms with Gasteiger partial charge in [-0.1, -0.05) is 24.3 Å². The van der Waals surface area contributed by atoms with Gasteiger partial charge >= 0.3 is 0 Å². The third-order valence-corrected chi connectivity index (χ3v) is 3.57. The lowest BCUT2D eigenvalue weighted by Gasteiger charge is -2.23. The molecule has 0 spiro atoms. The number of rotatable bonds is 0. The molecule has 0 bridgehead atoms. The third-order valence-electron chi connectivity index (χ3n) is 3.57. The van der Waals surface area contributed by atoms with Crippen LogP contribution in [-0.4, -0.2) is 22.9 Å². The summed E-state index contributed by atoms with van der Waals surface area (Å²) >= 11 is 0. The van der Waals surface area contributed by atoms with E-state index in [4.69, 9.17) is 0 Å². The van der Waals surface area contributed by atoms with Crippen LogP contribution in [0.15, 0.2) is 58.9 Å². The summed E-state index contributed by atoms with van der Waals surface area (Å²) < 4.78 is 0. The van der Waals surface area contributed by atoms with E-state index in [1.807, 2.05) is 24.4 Å². The first-order chi connectivity index (χ1) is 9.31. The van der Waals surface area contributed by atoms with Gasteiger partial charge in [-0.2, -0.15) is 0 Å². The van der Waals surface area contributed by atoms with Gasteiger partial charge in [0, 0.05) is 18.0 Å². The lowest BCUT2D eigenvalue weighted by molar-refractivity contribution is 0.475. The Bertz CT molecular complexity index is 720. The van der Waals surface area contributed by atoms with Crippen LogP contribution in [0.25, 0.3) is 11.6 Å². The Morgan fingerprint density at radius 2 is 2.21 bits per heavy atom. The Labute approximate surface area is 111 Å². The van der Waals surface area contributed by atoms with Crippen molar-refractivity contribution in [2.45, 2.75) is 0 Å². The fourth-order valence-corrected chi connectivity index (χ4v) is 2.63. The van der Waals surface area contributed by atoms with Crippen LogP contribution >= 0.6 is 0 Å². The van der Waals surface area contributed by atoms with Crippen molar-refractivity contribution in [1.29, 1.82) is 0 Å². The first kappa shape index (κ1) is 10.4. The van der Waals surface area contributed by atoms with Gasteiger partial charge in [-0.25, -0.2) is 0 Å². The zero-order valence-corrected chi connectivity index (χ0v) is 10.2. The van der Waals surface area contributed by atoms with Crippen molar-refractivity contribution in [2.24, 2.45) is 4.99 Å². The van der Waals surface area contributed by atoms with Gasteiger partial charge in [-0.15, -0.1) is 0 Å². The minimum absolute atomic E-state index is 0.295. The molecular weight excluding hydrogens is 236 g/mol. The number of phenols is 1. The molecule has 3 heteroatoms. The standard InChI is InChI=1S/C16H12N2O/c19-14-4-5-15-12(7-14)3-1-2-11-6-13-8-17-10-18(13)9-16(11)15/h1-9,19H,10H2. The number of phenolic OH excluding ortho intramolecular Hbond substituents is 1. The first-order valence-electron chi connectivity index (χ1n) is 6.23. The molecule has 0 saturated heterocycles. The van der Waals surface area contributed by atoms with Crippen LogP contribution in [0, 0.1) is 0 Å². The maximum absolute atomic E-state index is 9.61. The smallest absolute Gasteiger partial charge is 0.116 e. The second-order valence-electron chi connectivity index (χ2n) is 4.79. The van der Waals surface area contributed by atoms with Crippen molar-refractivity contribution < 1.29 is 5.11 Å². The summed E-state index contributed by atoms with van der Waals surface area (Å²) in [5.41, 5.74) is 5.66. The molecule has 0 amide bonds. The van der Waals surface area contributed by atoms with Crippen LogP contribution in [0.5, 0.6) is 5.75 Å². The molecule has 0 fully saturated rings. The van der Waals surface area contributed by atoms with E-state index in [0.717, 1.165) is 16.8 Å². The SMILES string of the molecule is Oc1ccc2c(c1)C=CC=C1C=C3C=NCN3C=C12. The largest absolute Gasteiger partial charge is 0.508 e. The van der Waals surface area contributed by atoms with Crippen molar-refractivity contribution in [2.75, 3.05) is 6.67 Å². The number of nitrogens with zero attached hydrogens (tertiary/aromatic N) is 2. The van der Waals surface area contributed by atoms with Gasteiger partial charge in [-0.05, 0) is 34.9 Å². The Kier molecular flexibility index (Phi) is 2.03. The molecule has 0 saturated carbocycles. The fraction of sp³-hybridized carbons (Fsp3) is 0.0625. The van der Waals surface area contributed by atoms with E-state index in [1.165, 1.54) is 11.1 Å². The molecule has 1 aliphatic carbocycles. The summed E-state index contributed by atoms with van der Waals surface area (Å²) in [5.74, 6) is 0.295. The van der Waals surface area contributed by atoms with E-state index < -0.39 is 0 Å². The topological polar surface area (TPSA) is 35.8 Å². The molecule has 19 heavy (non-hydrogen) atoms. The van der Waals surface area contributed by atoms with Crippen molar-refractivity contribution in [1.82, 2.24) is 4.90 Å². The summed E-state index contributed by atoms with van der Waals surface area (Å²) in [6.45, 7) is 0.684. The number of hydrogen-bond donors (Lipinski definition) is 1. The van der Waals surface area contributed by atoms with Crippen molar-refractivity contribution >= 4 is 17.9 Å². The summed E-state index contributed by atoms with van der Waals surface area (Å²) in [4.78, 5) is 6.42. The molecule has 1 aromatic rings. The molecule has 1 aromatic carbocycles. The molecule has 0 radical (unpaired) electrons. The van der Waals surface area contributed by atoms with E-state index in [-0.39, 0.29) is 0 Å². The molecule has 3 nitrogen and oxygen atoms in total. The molecule has 0 atom stereocenters. The molecular formula is C16H12N2O. The predicted molar refractivity (Wildman–Crippen MR) is 76.5 cm³/mol. The highest BCUT2D eigenvalue weighted by Gasteiger charge is 2.21. The van der Waals surface area contributed by atoms with Crippen LogP contribution in [0.1, 0.15) is 11.1 Å². The van der Waals surface area contributed by atoms with E-state index >= 15 is 0 Å². The Morgan fingerprint density at radius 1 is 1.26 bits per heavy atom. The normalized spacial score (nSPS) is 18.9. The van der Waals surface area contributed by atoms with Gasteiger partial charge in [-0.3, -0.25) is 4.99 Å². The van der Waals surface area contributed by atoms with E-state index in [2.05, 4.69) is 28.2 Å². The van der Waals surface area contributed by atoms with Crippen LogP contribution in [-0.2, 0) is 0 Å². The Morgan fingerprint density at radius 3 is 3.16 bits per heavy atom. The highest BCUT2D eigenvalue weighted by molar-refractivity contribution is 5.93. The van der Waals surface area contributed by atoms with Crippen molar-refractivity contribution in [3.63, 3.8) is 0 Å². The lowest BCUT2D eigenvalue weighted by Crippen LogP contribution is -2.16. The quantitative estimate of drug-likeness (QED) is 0.766. The monoisotopic (exact) mass is 248 g/mol. The van der Waals surface area contributed by atoms with Crippen LogP contribution < -0.4 is 0 Å². The molecule has 4 rings (SSSR count). The summed E-state index contributed by atoms with van der Waals surface area (Å²) in [6, 6.07) is 5.50. The highest BCUT2D eigenvalue weighted by Crippen LogP contribution is 2.36. The Balaban J connectivity index is 1.92. The number of aliphatic imine (C=N–C) groups is 1. The van der Waals surface area contributed by atoms with Crippen LogP contribution in [0.2, 0.25) is 0 Å². The fourth-order valence-electron chi connectivity index (χ4n) is 2.63. The molecule has 0 unspecified atom stereocenters. The van der Waals surface area contributed by atoms with Crippen molar-refractivity contribution in [3.05, 3.63) is 65.0 Å². The van der Waals surface area contributed by atoms with Gasteiger partial charge in [0.1, 0.15) is 12.4 Å². The summed E-state index contributed by atoms with van der Waals surface area (Å²) in [6.07, 6.45) is 12.3. The molecule has 3 aliphatic rings. The Hall–Kier alpha value is -2.55. The number of benzene rings is 1. The zero-order chi connectivity index (χ0) is 12.8. The third kappa shape index (κ3) is 1.55. The van der Waals surface area contributed by atoms with E-state index in [1.54, 1.807) is 12.1 Å². The minimum atomic E-state index is 0.295. The summed E-state index contributed by atoms with van der Waals surface area (Å²) in [5, 5.41) is 9.61. The van der Waals surface area contributed by atoms with E-state index in [0.29, 0.717) is 12.4 Å². The number of aromatic hydroxyl groups is 1. The van der Waals surface area contributed by atoms with Gasteiger partial charge in [0.05, 0.1) is 5.70 Å². The lowest BCUT2D eigenvalue weighted by atomic mass is 9.93. The molecule has 1 N–H and O–H groups in total. The zero-order valence-electron chi connectivity index (χ0n) is 10.2. The molecule has 2 aliphatic heterocycles. The van der Waals surface area contributed by atoms with Gasteiger partial charge < -0.3 is 10.0 Å². The average molecular weight is 248 g/mol. The van der Waals surface area contributed by atoms with Gasteiger partial charge in [0.15, 0.2) is 0 Å². The minimum Gasteiger partial charge on any atom is -0.508 e. The van der Waals surface area contributed by atoms with Crippen LogP contribution in [0.4, 0.5) is 0 Å². The predicted octanol–water partition coefficient (Wildman–Crippen LogP) is 2.93. The maximum Gasteiger partial charge on any atom is 0.116 e. The number of fused-ring (bicyclic) bond motifs is 4.